The van der Waals surface area contributed by atoms with Crippen LogP contribution < -0.4 is 4.74 Å². The van der Waals surface area contributed by atoms with Crippen molar-refractivity contribution in [3.63, 3.8) is 0 Å². The lowest BCUT2D eigenvalue weighted by Gasteiger charge is -2.21. The number of benzene rings is 1. The number of rotatable bonds is 6. The zero-order valence-corrected chi connectivity index (χ0v) is 11.9. The summed E-state index contributed by atoms with van der Waals surface area (Å²) in [7, 11) is 0. The summed E-state index contributed by atoms with van der Waals surface area (Å²) < 4.78 is 10.3. The highest BCUT2D eigenvalue weighted by molar-refractivity contribution is 6.11. The van der Waals surface area contributed by atoms with E-state index in [1.54, 1.807) is 45.0 Å². The summed E-state index contributed by atoms with van der Waals surface area (Å²) in [6.45, 7) is 7.51. The Bertz CT molecular complexity index is 463. The molecule has 0 aliphatic rings. The van der Waals surface area contributed by atoms with Gasteiger partial charge in [-0.2, -0.15) is 0 Å². The molecule has 0 saturated carbocycles. The summed E-state index contributed by atoms with van der Waals surface area (Å²) in [5.74, 6) is -0.165. The molecule has 0 saturated heterocycles. The third-order valence-corrected chi connectivity index (χ3v) is 2.76. The molecule has 0 amide bonds. The van der Waals surface area contributed by atoms with Crippen LogP contribution in [0.15, 0.2) is 24.3 Å². The van der Waals surface area contributed by atoms with E-state index in [9.17, 15) is 9.59 Å². The van der Waals surface area contributed by atoms with E-state index in [0.29, 0.717) is 17.9 Å². The maximum absolute atomic E-state index is 12.4. The van der Waals surface area contributed by atoms with Gasteiger partial charge in [0.15, 0.2) is 5.78 Å². The first-order chi connectivity index (χ1) is 8.93. The van der Waals surface area contributed by atoms with Gasteiger partial charge in [0, 0.05) is 5.56 Å². The van der Waals surface area contributed by atoms with Crippen LogP contribution in [0.5, 0.6) is 5.75 Å². The molecule has 1 aromatic carbocycles. The number of carbonyl (C=O) groups is 2. The molecule has 0 aromatic heterocycles. The second-order valence-electron chi connectivity index (χ2n) is 4.64. The SMILES string of the molecule is CCOC(=O)C(C)(C)C(=O)c1cccc(OCC)c1. The molecule has 4 nitrogen and oxygen atoms in total. The van der Waals surface area contributed by atoms with E-state index >= 15 is 0 Å². The number of ketones is 1. The van der Waals surface area contributed by atoms with E-state index in [4.69, 9.17) is 9.47 Å². The van der Waals surface area contributed by atoms with Crippen molar-refractivity contribution < 1.29 is 19.1 Å². The fraction of sp³-hybridized carbons (Fsp3) is 0.467. The predicted molar refractivity (Wildman–Crippen MR) is 72.4 cm³/mol. The van der Waals surface area contributed by atoms with E-state index in [1.807, 2.05) is 6.92 Å². The van der Waals surface area contributed by atoms with Crippen molar-refractivity contribution >= 4 is 11.8 Å². The van der Waals surface area contributed by atoms with E-state index in [0.717, 1.165) is 0 Å². The van der Waals surface area contributed by atoms with E-state index in [2.05, 4.69) is 0 Å². The van der Waals surface area contributed by atoms with Gasteiger partial charge in [-0.05, 0) is 39.8 Å². The molecule has 0 fully saturated rings. The molecule has 0 radical (unpaired) electrons. The third-order valence-electron chi connectivity index (χ3n) is 2.76. The van der Waals surface area contributed by atoms with Crippen molar-refractivity contribution in [3.05, 3.63) is 29.8 Å². The minimum atomic E-state index is -1.19. The Morgan fingerprint density at radius 1 is 1.16 bits per heavy atom. The lowest BCUT2D eigenvalue weighted by atomic mass is 9.84. The zero-order chi connectivity index (χ0) is 14.5. The van der Waals surface area contributed by atoms with Crippen molar-refractivity contribution in [1.29, 1.82) is 0 Å². The van der Waals surface area contributed by atoms with Gasteiger partial charge in [0.1, 0.15) is 11.2 Å². The number of carbonyl (C=O) groups excluding carboxylic acids is 2. The van der Waals surface area contributed by atoms with Gasteiger partial charge in [-0.25, -0.2) is 0 Å². The van der Waals surface area contributed by atoms with Crippen LogP contribution >= 0.6 is 0 Å². The van der Waals surface area contributed by atoms with Crippen LogP contribution in [-0.2, 0) is 9.53 Å². The molecule has 1 rings (SSSR count). The number of esters is 1. The predicted octanol–water partition coefficient (Wildman–Crippen LogP) is 2.86. The summed E-state index contributed by atoms with van der Waals surface area (Å²) >= 11 is 0. The maximum Gasteiger partial charge on any atom is 0.319 e. The lowest BCUT2D eigenvalue weighted by molar-refractivity contribution is -0.150. The smallest absolute Gasteiger partial charge is 0.319 e. The molecule has 0 aliphatic carbocycles. The summed E-state index contributed by atoms with van der Waals surface area (Å²) in [5, 5.41) is 0. The molecular formula is C15H20O4. The highest BCUT2D eigenvalue weighted by Gasteiger charge is 2.38. The maximum atomic E-state index is 12.4. The van der Waals surface area contributed by atoms with Crippen LogP contribution in [-0.4, -0.2) is 25.0 Å². The minimum Gasteiger partial charge on any atom is -0.494 e. The molecule has 0 unspecified atom stereocenters. The van der Waals surface area contributed by atoms with Crippen LogP contribution in [0.3, 0.4) is 0 Å². The minimum absolute atomic E-state index is 0.258. The first kappa shape index (κ1) is 15.2. The fourth-order valence-electron chi connectivity index (χ4n) is 1.66. The first-order valence-corrected chi connectivity index (χ1v) is 6.38. The molecule has 19 heavy (non-hydrogen) atoms. The van der Waals surface area contributed by atoms with Crippen molar-refractivity contribution in [2.45, 2.75) is 27.7 Å². The van der Waals surface area contributed by atoms with Crippen LogP contribution in [0.2, 0.25) is 0 Å². The Balaban J connectivity index is 2.98. The second-order valence-corrected chi connectivity index (χ2v) is 4.64. The van der Waals surface area contributed by atoms with Gasteiger partial charge < -0.3 is 9.47 Å². The Kier molecular flexibility index (Phi) is 5.10. The zero-order valence-electron chi connectivity index (χ0n) is 11.9. The van der Waals surface area contributed by atoms with Crippen molar-refractivity contribution in [2.24, 2.45) is 5.41 Å². The van der Waals surface area contributed by atoms with Crippen molar-refractivity contribution in [1.82, 2.24) is 0 Å². The van der Waals surface area contributed by atoms with Gasteiger partial charge in [0.05, 0.1) is 13.2 Å². The standard InChI is InChI=1S/C15H20O4/c1-5-18-12-9-7-8-11(10-12)13(16)15(3,4)14(17)19-6-2/h7-10H,5-6H2,1-4H3. The molecule has 104 valence electrons. The van der Waals surface area contributed by atoms with Gasteiger partial charge in [0.25, 0.3) is 0 Å². The van der Waals surface area contributed by atoms with Gasteiger partial charge >= 0.3 is 5.97 Å². The van der Waals surface area contributed by atoms with Crippen LogP contribution in [0.25, 0.3) is 0 Å². The molecule has 1 aromatic rings. The summed E-state index contributed by atoms with van der Waals surface area (Å²) in [5.41, 5.74) is -0.745. The molecule has 0 N–H and O–H groups in total. The fourth-order valence-corrected chi connectivity index (χ4v) is 1.66. The summed E-state index contributed by atoms with van der Waals surface area (Å²) in [6, 6.07) is 6.83. The van der Waals surface area contributed by atoms with Crippen LogP contribution in [0.4, 0.5) is 0 Å². The van der Waals surface area contributed by atoms with Crippen molar-refractivity contribution in [2.75, 3.05) is 13.2 Å². The highest BCUT2D eigenvalue weighted by atomic mass is 16.5. The monoisotopic (exact) mass is 264 g/mol. The highest BCUT2D eigenvalue weighted by Crippen LogP contribution is 2.25. The van der Waals surface area contributed by atoms with Crippen LogP contribution in [0, 0.1) is 5.41 Å². The molecule has 0 bridgehead atoms. The van der Waals surface area contributed by atoms with Gasteiger partial charge in [-0.15, -0.1) is 0 Å². The summed E-state index contributed by atoms with van der Waals surface area (Å²) in [6.07, 6.45) is 0. The van der Waals surface area contributed by atoms with Crippen molar-refractivity contribution in [3.8, 4) is 5.75 Å². The summed E-state index contributed by atoms with van der Waals surface area (Å²) in [4.78, 5) is 24.2. The Morgan fingerprint density at radius 2 is 1.84 bits per heavy atom. The largest absolute Gasteiger partial charge is 0.494 e. The Hall–Kier alpha value is -1.84. The first-order valence-electron chi connectivity index (χ1n) is 6.38. The van der Waals surface area contributed by atoms with E-state index in [1.165, 1.54) is 0 Å². The average molecular weight is 264 g/mol. The second kappa shape index (κ2) is 6.36. The number of hydrogen-bond donors (Lipinski definition) is 0. The van der Waals surface area contributed by atoms with Gasteiger partial charge in [-0.1, -0.05) is 12.1 Å². The van der Waals surface area contributed by atoms with E-state index < -0.39 is 11.4 Å². The molecule has 0 aliphatic heterocycles. The van der Waals surface area contributed by atoms with Gasteiger partial charge in [0.2, 0.25) is 0 Å². The van der Waals surface area contributed by atoms with Gasteiger partial charge in [-0.3, -0.25) is 9.59 Å². The van der Waals surface area contributed by atoms with Crippen LogP contribution in [0.1, 0.15) is 38.1 Å². The Labute approximate surface area is 113 Å². The normalized spacial score (nSPS) is 10.9. The van der Waals surface area contributed by atoms with E-state index in [-0.39, 0.29) is 12.4 Å². The molecule has 4 heteroatoms. The molecule has 0 heterocycles. The number of Topliss-reactive ketones (excluding diaryl/α,β-unsaturated/α-hetero) is 1. The Morgan fingerprint density at radius 3 is 2.42 bits per heavy atom. The number of ether oxygens (including phenoxy) is 2. The lowest BCUT2D eigenvalue weighted by Crippen LogP contribution is -2.35. The number of hydrogen-bond acceptors (Lipinski definition) is 4. The molecular weight excluding hydrogens is 244 g/mol. The molecule has 0 atom stereocenters. The average Bonchev–Trinajstić information content (AvgIpc) is 2.38. The third kappa shape index (κ3) is 3.56. The molecule has 0 spiro atoms. The quantitative estimate of drug-likeness (QED) is 0.450. The topological polar surface area (TPSA) is 52.6 Å².